The van der Waals surface area contributed by atoms with Crippen LogP contribution in [0.4, 0.5) is 5.69 Å². The minimum Gasteiger partial charge on any atom is -0.480 e. The first-order chi connectivity index (χ1) is 9.50. The molecule has 1 fully saturated rings. The van der Waals surface area contributed by atoms with E-state index in [2.05, 4.69) is 0 Å². The number of rotatable bonds is 3. The maximum absolute atomic E-state index is 12.4. The summed E-state index contributed by atoms with van der Waals surface area (Å²) in [6.07, 6.45) is 2.27. The highest BCUT2D eigenvalue weighted by Gasteiger charge is 2.32. The van der Waals surface area contributed by atoms with Crippen molar-refractivity contribution in [1.29, 1.82) is 0 Å². The molecule has 0 radical (unpaired) electrons. The van der Waals surface area contributed by atoms with Gasteiger partial charge in [-0.3, -0.25) is 4.79 Å². The molecule has 5 heteroatoms. The molecule has 0 spiro atoms. The van der Waals surface area contributed by atoms with Crippen LogP contribution in [-0.2, 0) is 4.79 Å². The van der Waals surface area contributed by atoms with E-state index in [1.165, 1.54) is 4.90 Å². The standard InChI is InChI=1S/C15H20N2O3/c1-16(2)12-8-6-11(7-9-12)14(18)17-10-4-3-5-13(17)15(19)20/h6-9,13H,3-5,10H2,1-2H3,(H,19,20)/t13-/m0/s1. The van der Waals surface area contributed by atoms with Crippen molar-refractivity contribution in [3.63, 3.8) is 0 Å². The van der Waals surface area contributed by atoms with Crippen LogP contribution < -0.4 is 4.90 Å². The van der Waals surface area contributed by atoms with Gasteiger partial charge in [-0.15, -0.1) is 0 Å². The van der Waals surface area contributed by atoms with Gasteiger partial charge in [0.25, 0.3) is 5.91 Å². The molecule has 1 aromatic carbocycles. The molecule has 108 valence electrons. The number of nitrogens with zero attached hydrogens (tertiary/aromatic N) is 2. The Morgan fingerprint density at radius 1 is 1.20 bits per heavy atom. The molecule has 0 aliphatic carbocycles. The largest absolute Gasteiger partial charge is 0.480 e. The van der Waals surface area contributed by atoms with Crippen molar-refractivity contribution in [2.45, 2.75) is 25.3 Å². The number of hydrogen-bond acceptors (Lipinski definition) is 3. The maximum Gasteiger partial charge on any atom is 0.326 e. The Labute approximate surface area is 118 Å². The Morgan fingerprint density at radius 2 is 1.85 bits per heavy atom. The Hall–Kier alpha value is -2.04. The molecule has 0 unspecified atom stereocenters. The van der Waals surface area contributed by atoms with Crippen LogP contribution in [0.3, 0.4) is 0 Å². The summed E-state index contributed by atoms with van der Waals surface area (Å²) in [5.41, 5.74) is 1.55. The third-order valence-corrected chi connectivity index (χ3v) is 3.68. The van der Waals surface area contributed by atoms with E-state index in [0.29, 0.717) is 18.5 Å². The van der Waals surface area contributed by atoms with E-state index in [1.807, 2.05) is 31.1 Å². The summed E-state index contributed by atoms with van der Waals surface area (Å²) in [6, 6.07) is 6.56. The van der Waals surface area contributed by atoms with Crippen molar-refractivity contribution < 1.29 is 14.7 Å². The zero-order valence-electron chi connectivity index (χ0n) is 11.9. The van der Waals surface area contributed by atoms with Crippen LogP contribution in [0.5, 0.6) is 0 Å². The highest BCUT2D eigenvalue weighted by molar-refractivity contribution is 5.97. The lowest BCUT2D eigenvalue weighted by Gasteiger charge is -2.33. The SMILES string of the molecule is CN(C)c1ccc(C(=O)N2CCCC[C@H]2C(=O)O)cc1. The molecule has 20 heavy (non-hydrogen) atoms. The molecule has 1 heterocycles. The highest BCUT2D eigenvalue weighted by Crippen LogP contribution is 2.21. The van der Waals surface area contributed by atoms with Gasteiger partial charge in [0.1, 0.15) is 6.04 Å². The normalized spacial score (nSPS) is 18.7. The van der Waals surface area contributed by atoms with E-state index in [1.54, 1.807) is 12.1 Å². The number of carbonyl (C=O) groups is 2. The first-order valence-corrected chi connectivity index (χ1v) is 6.82. The summed E-state index contributed by atoms with van der Waals surface area (Å²) in [4.78, 5) is 27.1. The van der Waals surface area contributed by atoms with E-state index in [0.717, 1.165) is 18.5 Å². The summed E-state index contributed by atoms with van der Waals surface area (Å²) in [6.45, 7) is 0.519. The van der Waals surface area contributed by atoms with Gasteiger partial charge in [0.2, 0.25) is 0 Å². The van der Waals surface area contributed by atoms with Crippen LogP contribution >= 0.6 is 0 Å². The number of piperidine rings is 1. The molecule has 1 amide bonds. The molecule has 1 aromatic rings. The van der Waals surface area contributed by atoms with Gasteiger partial charge < -0.3 is 14.9 Å². The van der Waals surface area contributed by atoms with E-state index in [-0.39, 0.29) is 5.91 Å². The Kier molecular flexibility index (Phi) is 4.27. The van der Waals surface area contributed by atoms with Crippen molar-refractivity contribution in [3.8, 4) is 0 Å². The lowest BCUT2D eigenvalue weighted by Crippen LogP contribution is -2.47. The summed E-state index contributed by atoms with van der Waals surface area (Å²) in [7, 11) is 3.86. The van der Waals surface area contributed by atoms with Gasteiger partial charge in [-0.1, -0.05) is 0 Å². The summed E-state index contributed by atoms with van der Waals surface area (Å²) < 4.78 is 0. The summed E-state index contributed by atoms with van der Waals surface area (Å²) in [5, 5.41) is 9.22. The van der Waals surface area contributed by atoms with E-state index < -0.39 is 12.0 Å². The second kappa shape index (κ2) is 5.94. The predicted octanol–water partition coefficient (Wildman–Crippen LogP) is 1.83. The Bertz CT molecular complexity index is 496. The van der Waals surface area contributed by atoms with Gasteiger partial charge >= 0.3 is 5.97 Å². The number of carboxylic acid groups (broad SMARTS) is 1. The quantitative estimate of drug-likeness (QED) is 0.915. The summed E-state index contributed by atoms with van der Waals surface area (Å²) in [5.74, 6) is -1.11. The van der Waals surface area contributed by atoms with Crippen molar-refractivity contribution in [2.24, 2.45) is 0 Å². The topological polar surface area (TPSA) is 60.9 Å². The molecule has 0 aromatic heterocycles. The summed E-state index contributed by atoms with van der Waals surface area (Å²) >= 11 is 0. The molecule has 2 rings (SSSR count). The van der Waals surface area contributed by atoms with Crippen LogP contribution in [-0.4, -0.2) is 48.6 Å². The van der Waals surface area contributed by atoms with Crippen molar-refractivity contribution in [2.75, 3.05) is 25.5 Å². The molecule has 0 bridgehead atoms. The number of likely N-dealkylation sites (tertiary alicyclic amines) is 1. The second-order valence-corrected chi connectivity index (χ2v) is 5.29. The van der Waals surface area contributed by atoms with Crippen LogP contribution in [0.15, 0.2) is 24.3 Å². The fourth-order valence-corrected chi connectivity index (χ4v) is 2.50. The highest BCUT2D eigenvalue weighted by atomic mass is 16.4. The van der Waals surface area contributed by atoms with E-state index >= 15 is 0 Å². The fourth-order valence-electron chi connectivity index (χ4n) is 2.50. The molecule has 1 N–H and O–H groups in total. The lowest BCUT2D eigenvalue weighted by atomic mass is 10.0. The first kappa shape index (κ1) is 14.4. The van der Waals surface area contributed by atoms with Gasteiger partial charge in [0.15, 0.2) is 0 Å². The van der Waals surface area contributed by atoms with Crippen LogP contribution in [0.2, 0.25) is 0 Å². The lowest BCUT2D eigenvalue weighted by molar-refractivity contribution is -0.143. The Balaban J connectivity index is 2.18. The van der Waals surface area contributed by atoms with Gasteiger partial charge in [0, 0.05) is 31.9 Å². The zero-order chi connectivity index (χ0) is 14.7. The average molecular weight is 276 g/mol. The maximum atomic E-state index is 12.4. The van der Waals surface area contributed by atoms with Crippen LogP contribution in [0.1, 0.15) is 29.6 Å². The number of anilines is 1. The van der Waals surface area contributed by atoms with Gasteiger partial charge in [-0.05, 0) is 43.5 Å². The molecular formula is C15H20N2O3. The van der Waals surface area contributed by atoms with Crippen molar-refractivity contribution in [3.05, 3.63) is 29.8 Å². The van der Waals surface area contributed by atoms with E-state index in [9.17, 15) is 14.7 Å². The minimum atomic E-state index is -0.914. The number of benzene rings is 1. The van der Waals surface area contributed by atoms with Gasteiger partial charge in [-0.25, -0.2) is 4.79 Å². The molecule has 1 aliphatic rings. The molecular weight excluding hydrogens is 256 g/mol. The molecule has 0 saturated carbocycles. The first-order valence-electron chi connectivity index (χ1n) is 6.82. The van der Waals surface area contributed by atoms with Gasteiger partial charge in [-0.2, -0.15) is 0 Å². The fraction of sp³-hybridized carbons (Fsp3) is 0.467. The van der Waals surface area contributed by atoms with Crippen LogP contribution in [0, 0.1) is 0 Å². The van der Waals surface area contributed by atoms with Gasteiger partial charge in [0.05, 0.1) is 0 Å². The third kappa shape index (κ3) is 2.92. The van der Waals surface area contributed by atoms with Crippen molar-refractivity contribution >= 4 is 17.6 Å². The molecule has 1 aliphatic heterocycles. The molecule has 5 nitrogen and oxygen atoms in total. The molecule has 1 saturated heterocycles. The number of aliphatic carboxylic acids is 1. The van der Waals surface area contributed by atoms with E-state index in [4.69, 9.17) is 0 Å². The average Bonchev–Trinajstić information content (AvgIpc) is 2.46. The number of hydrogen-bond donors (Lipinski definition) is 1. The zero-order valence-corrected chi connectivity index (χ0v) is 11.9. The number of amides is 1. The smallest absolute Gasteiger partial charge is 0.326 e. The minimum absolute atomic E-state index is 0.192. The van der Waals surface area contributed by atoms with Crippen LogP contribution in [0.25, 0.3) is 0 Å². The second-order valence-electron chi connectivity index (χ2n) is 5.29. The predicted molar refractivity (Wildman–Crippen MR) is 77.1 cm³/mol. The Morgan fingerprint density at radius 3 is 2.40 bits per heavy atom. The monoisotopic (exact) mass is 276 g/mol. The molecule has 1 atom stereocenters. The van der Waals surface area contributed by atoms with Crippen molar-refractivity contribution in [1.82, 2.24) is 4.90 Å². The number of carboxylic acids is 1. The third-order valence-electron chi connectivity index (χ3n) is 3.68. The number of carbonyl (C=O) groups excluding carboxylic acids is 1.